The topological polar surface area (TPSA) is 111 Å². The zero-order chi connectivity index (χ0) is 22.8. The first-order chi connectivity index (χ1) is 14.7. The van der Waals surface area contributed by atoms with Gasteiger partial charge in [-0.1, -0.05) is 0 Å². The van der Waals surface area contributed by atoms with Gasteiger partial charge in [-0.05, 0) is 40.5 Å². The summed E-state index contributed by atoms with van der Waals surface area (Å²) in [5.41, 5.74) is 1.14. The number of esters is 1. The summed E-state index contributed by atoms with van der Waals surface area (Å²) in [6, 6.07) is 0. The van der Waals surface area contributed by atoms with Gasteiger partial charge in [0.1, 0.15) is 10.5 Å². The number of nitrogens with one attached hydrogen (secondary N) is 1. The number of aromatic nitrogens is 2. The number of hydrogen-bond acceptors (Lipinski definition) is 7. The SMILES string of the molecule is CCOC(=O)c1c(S(=O)(=O)N2CCC[C@@H](C(=O)Nc3nccs3)C2)c(C)n(CC)c1C. The minimum absolute atomic E-state index is 0.0220. The number of anilines is 1. The van der Waals surface area contributed by atoms with Crippen LogP contribution in [-0.2, 0) is 26.1 Å². The summed E-state index contributed by atoms with van der Waals surface area (Å²) in [7, 11) is -4.01. The maximum absolute atomic E-state index is 13.7. The Morgan fingerprint density at radius 2 is 2.03 bits per heavy atom. The minimum Gasteiger partial charge on any atom is -0.462 e. The summed E-state index contributed by atoms with van der Waals surface area (Å²) in [6.45, 7) is 8.02. The summed E-state index contributed by atoms with van der Waals surface area (Å²) in [5.74, 6) is -1.39. The molecule has 1 atom stereocenters. The average molecular weight is 469 g/mol. The minimum atomic E-state index is -4.01. The van der Waals surface area contributed by atoms with E-state index >= 15 is 0 Å². The van der Waals surface area contributed by atoms with Gasteiger partial charge in [-0.15, -0.1) is 11.3 Å². The number of amides is 1. The molecule has 2 aromatic rings. The Bertz CT molecular complexity index is 1060. The molecule has 0 aromatic carbocycles. The Morgan fingerprint density at radius 1 is 1.29 bits per heavy atom. The van der Waals surface area contributed by atoms with Crippen LogP contribution in [0.4, 0.5) is 5.13 Å². The van der Waals surface area contributed by atoms with Crippen molar-refractivity contribution in [3.63, 3.8) is 0 Å². The molecule has 1 N–H and O–H groups in total. The molecule has 0 spiro atoms. The molecule has 0 saturated carbocycles. The lowest BCUT2D eigenvalue weighted by Crippen LogP contribution is -2.44. The van der Waals surface area contributed by atoms with Crippen LogP contribution in [0.25, 0.3) is 0 Å². The Kier molecular flexibility index (Phi) is 7.17. The summed E-state index contributed by atoms with van der Waals surface area (Å²) in [4.78, 5) is 29.3. The molecule has 31 heavy (non-hydrogen) atoms. The number of carbonyl (C=O) groups is 2. The smallest absolute Gasteiger partial charge is 0.341 e. The Hall–Kier alpha value is -2.24. The van der Waals surface area contributed by atoms with Crippen molar-refractivity contribution in [3.05, 3.63) is 28.5 Å². The highest BCUT2D eigenvalue weighted by atomic mass is 32.2. The number of piperidine rings is 1. The molecule has 170 valence electrons. The zero-order valence-electron chi connectivity index (χ0n) is 18.2. The van der Waals surface area contributed by atoms with E-state index in [1.54, 1.807) is 36.9 Å². The van der Waals surface area contributed by atoms with Crippen LogP contribution in [0.2, 0.25) is 0 Å². The lowest BCUT2D eigenvalue weighted by Gasteiger charge is -2.31. The molecule has 3 rings (SSSR count). The molecule has 1 fully saturated rings. The van der Waals surface area contributed by atoms with E-state index in [0.717, 1.165) is 0 Å². The van der Waals surface area contributed by atoms with E-state index in [0.29, 0.717) is 42.5 Å². The molecule has 1 aliphatic rings. The van der Waals surface area contributed by atoms with Crippen LogP contribution in [0, 0.1) is 19.8 Å². The monoisotopic (exact) mass is 468 g/mol. The summed E-state index contributed by atoms with van der Waals surface area (Å²) < 4.78 is 35.6. The van der Waals surface area contributed by atoms with E-state index in [4.69, 9.17) is 4.74 Å². The van der Waals surface area contributed by atoms with E-state index in [9.17, 15) is 18.0 Å². The summed E-state index contributed by atoms with van der Waals surface area (Å²) >= 11 is 1.31. The number of carbonyl (C=O) groups excluding carboxylic acids is 2. The largest absolute Gasteiger partial charge is 0.462 e. The number of thiazole rings is 1. The van der Waals surface area contributed by atoms with Crippen LogP contribution in [0.15, 0.2) is 16.5 Å². The molecule has 2 aromatic heterocycles. The third kappa shape index (κ3) is 4.53. The first-order valence-electron chi connectivity index (χ1n) is 10.3. The van der Waals surface area contributed by atoms with Crippen LogP contribution in [0.1, 0.15) is 48.4 Å². The number of rotatable bonds is 7. The summed E-state index contributed by atoms with van der Waals surface area (Å²) in [5, 5.41) is 5.00. The number of hydrogen-bond donors (Lipinski definition) is 1. The number of nitrogens with zero attached hydrogens (tertiary/aromatic N) is 3. The van der Waals surface area contributed by atoms with E-state index in [-0.39, 0.29) is 29.5 Å². The molecule has 1 amide bonds. The van der Waals surface area contributed by atoms with Gasteiger partial charge in [-0.3, -0.25) is 4.79 Å². The van der Waals surface area contributed by atoms with Crippen molar-refractivity contribution in [3.8, 4) is 0 Å². The van der Waals surface area contributed by atoms with Gasteiger partial charge >= 0.3 is 5.97 Å². The highest BCUT2D eigenvalue weighted by molar-refractivity contribution is 7.89. The molecule has 3 heterocycles. The van der Waals surface area contributed by atoms with E-state index in [1.165, 1.54) is 15.6 Å². The number of ether oxygens (including phenoxy) is 1. The molecule has 9 nitrogen and oxygen atoms in total. The van der Waals surface area contributed by atoms with E-state index in [2.05, 4.69) is 10.3 Å². The predicted molar refractivity (Wildman–Crippen MR) is 118 cm³/mol. The highest BCUT2D eigenvalue weighted by Gasteiger charge is 2.39. The van der Waals surface area contributed by atoms with Gasteiger partial charge in [0.25, 0.3) is 0 Å². The predicted octanol–water partition coefficient (Wildman–Crippen LogP) is 2.80. The molecular formula is C20H28N4O5S2. The van der Waals surface area contributed by atoms with Gasteiger partial charge in [0.05, 0.1) is 12.5 Å². The molecule has 0 bridgehead atoms. The van der Waals surface area contributed by atoms with Gasteiger partial charge in [0.15, 0.2) is 5.13 Å². The fourth-order valence-corrected chi connectivity index (χ4v) is 6.59. The van der Waals surface area contributed by atoms with Gasteiger partial charge in [0.2, 0.25) is 15.9 Å². The molecule has 0 aliphatic carbocycles. The third-order valence-corrected chi connectivity index (χ3v) is 8.25. The van der Waals surface area contributed by atoms with Crippen molar-refractivity contribution in [2.45, 2.75) is 52.0 Å². The maximum atomic E-state index is 13.7. The van der Waals surface area contributed by atoms with Gasteiger partial charge in [-0.25, -0.2) is 18.2 Å². The quantitative estimate of drug-likeness (QED) is 0.626. The first-order valence-corrected chi connectivity index (χ1v) is 12.6. The fourth-order valence-electron chi connectivity index (χ4n) is 4.08. The van der Waals surface area contributed by atoms with Gasteiger partial charge in [0, 0.05) is 42.6 Å². The normalized spacial score (nSPS) is 17.5. The molecule has 1 saturated heterocycles. The third-order valence-electron chi connectivity index (χ3n) is 5.54. The van der Waals surface area contributed by atoms with E-state index in [1.807, 2.05) is 6.92 Å². The lowest BCUT2D eigenvalue weighted by atomic mass is 9.99. The average Bonchev–Trinajstić information content (AvgIpc) is 3.33. The van der Waals surface area contributed by atoms with Crippen molar-refractivity contribution >= 4 is 38.4 Å². The second kappa shape index (κ2) is 9.49. The standard InChI is InChI=1S/C20H28N4O5S2/c1-5-24-13(3)16(19(26)29-6-2)17(14(24)4)31(27,28)23-10-7-8-15(12-23)18(25)22-20-21-9-11-30-20/h9,11,15H,5-8,10,12H2,1-4H3,(H,21,22,25)/t15-/m1/s1. The van der Waals surface area contributed by atoms with Crippen molar-refractivity contribution in [2.24, 2.45) is 5.92 Å². The molecular weight excluding hydrogens is 440 g/mol. The van der Waals surface area contributed by atoms with Crippen molar-refractivity contribution in [1.29, 1.82) is 0 Å². The molecule has 0 radical (unpaired) electrons. The second-order valence-corrected chi connectivity index (χ2v) is 10.1. The van der Waals surface area contributed by atoms with Crippen LogP contribution in [-0.4, -0.2) is 53.8 Å². The maximum Gasteiger partial charge on any atom is 0.341 e. The number of sulfonamides is 1. The van der Waals surface area contributed by atoms with Gasteiger partial charge in [-0.2, -0.15) is 4.31 Å². The molecule has 11 heteroatoms. The highest BCUT2D eigenvalue weighted by Crippen LogP contribution is 2.33. The molecule has 0 unspecified atom stereocenters. The first kappa shape index (κ1) is 23.4. The molecule has 1 aliphatic heterocycles. The zero-order valence-corrected chi connectivity index (χ0v) is 19.8. The second-order valence-electron chi connectivity index (χ2n) is 7.37. The van der Waals surface area contributed by atoms with Crippen molar-refractivity contribution < 1.29 is 22.7 Å². The van der Waals surface area contributed by atoms with Gasteiger partial charge < -0.3 is 14.6 Å². The van der Waals surface area contributed by atoms with Crippen LogP contribution in [0.3, 0.4) is 0 Å². The Morgan fingerprint density at radius 3 is 2.65 bits per heavy atom. The van der Waals surface area contributed by atoms with E-state index < -0.39 is 21.9 Å². The Labute approximate surface area is 186 Å². The lowest BCUT2D eigenvalue weighted by molar-refractivity contribution is -0.120. The fraction of sp³-hybridized carbons (Fsp3) is 0.550. The van der Waals surface area contributed by atoms with Crippen LogP contribution >= 0.6 is 11.3 Å². The van der Waals surface area contributed by atoms with Crippen molar-refractivity contribution in [2.75, 3.05) is 25.0 Å². The Balaban J connectivity index is 1.93. The van der Waals surface area contributed by atoms with Crippen LogP contribution in [0.5, 0.6) is 0 Å². The summed E-state index contributed by atoms with van der Waals surface area (Å²) in [6.07, 6.45) is 2.73. The van der Waals surface area contributed by atoms with Crippen molar-refractivity contribution in [1.82, 2.24) is 13.9 Å². The van der Waals surface area contributed by atoms with Crippen LogP contribution < -0.4 is 5.32 Å².